The van der Waals surface area contributed by atoms with Crippen LogP contribution in [0.5, 0.6) is 5.75 Å². The molecule has 2 unspecified atom stereocenters. The number of nitrogens with two attached hydrogens (primary N) is 1. The molecule has 106 valence electrons. The number of para-hydroxylation sites is 1. The van der Waals surface area contributed by atoms with Gasteiger partial charge in [0.25, 0.3) is 0 Å². The van der Waals surface area contributed by atoms with Crippen LogP contribution < -0.4 is 10.5 Å². The Morgan fingerprint density at radius 1 is 1.37 bits per heavy atom. The molecule has 0 radical (unpaired) electrons. The lowest BCUT2D eigenvalue weighted by Gasteiger charge is -2.27. The average Bonchev–Trinajstić information content (AvgIpc) is 2.38. The van der Waals surface area contributed by atoms with E-state index in [1.807, 2.05) is 18.2 Å². The minimum absolute atomic E-state index is 0.236. The fourth-order valence-electron chi connectivity index (χ4n) is 2.05. The molecule has 0 aliphatic carbocycles. The van der Waals surface area contributed by atoms with Crippen LogP contribution in [0.3, 0.4) is 0 Å². The van der Waals surface area contributed by atoms with Gasteiger partial charge in [-0.1, -0.05) is 37.3 Å². The van der Waals surface area contributed by atoms with Crippen LogP contribution in [0, 0.1) is 5.92 Å². The van der Waals surface area contributed by atoms with Crippen molar-refractivity contribution in [3.8, 4) is 5.75 Å². The summed E-state index contributed by atoms with van der Waals surface area (Å²) in [6, 6.07) is 8.56. The second-order valence-corrected chi connectivity index (χ2v) is 5.58. The fraction of sp³-hybridized carbons (Fsp3) is 0.533. The molecule has 1 aromatic rings. The maximum absolute atomic E-state index is 5.67. The van der Waals surface area contributed by atoms with Crippen LogP contribution in [0.25, 0.3) is 0 Å². The molecule has 0 aromatic heterocycles. The van der Waals surface area contributed by atoms with E-state index >= 15 is 0 Å². The fourth-order valence-corrected chi connectivity index (χ4v) is 2.12. The number of benzene rings is 1. The summed E-state index contributed by atoms with van der Waals surface area (Å²) in [4.78, 5) is 2.87. The number of thiocarbonyl (C=S) groups is 1. The van der Waals surface area contributed by atoms with Gasteiger partial charge in [-0.3, -0.25) is 0 Å². The Balaban J connectivity index is 2.63. The third-order valence-corrected chi connectivity index (χ3v) is 3.91. The van der Waals surface area contributed by atoms with Gasteiger partial charge >= 0.3 is 0 Å². The topological polar surface area (TPSA) is 38.5 Å². The maximum atomic E-state index is 5.67. The second kappa shape index (κ2) is 7.46. The van der Waals surface area contributed by atoms with E-state index in [4.69, 9.17) is 22.7 Å². The summed E-state index contributed by atoms with van der Waals surface area (Å²) < 4.78 is 5.39. The molecule has 0 heterocycles. The van der Waals surface area contributed by atoms with Gasteiger partial charge in [-0.25, -0.2) is 0 Å². The van der Waals surface area contributed by atoms with E-state index in [-0.39, 0.29) is 5.92 Å². The molecular formula is C15H24N2OS. The highest BCUT2D eigenvalue weighted by molar-refractivity contribution is 7.80. The lowest BCUT2D eigenvalue weighted by molar-refractivity contribution is 0.241. The van der Waals surface area contributed by atoms with Crippen molar-refractivity contribution in [1.29, 1.82) is 0 Å². The quantitative estimate of drug-likeness (QED) is 0.779. The SMILES string of the molecule is COc1ccccc1CC(C)N(C)CC(C)C(N)=S. The second-order valence-electron chi connectivity index (χ2n) is 5.11. The Kier molecular flexibility index (Phi) is 6.25. The number of likely N-dealkylation sites (N-methyl/N-ethyl adjacent to an activating group) is 1. The first-order valence-electron chi connectivity index (χ1n) is 6.57. The highest BCUT2D eigenvalue weighted by atomic mass is 32.1. The molecule has 0 saturated carbocycles. The molecule has 3 nitrogen and oxygen atoms in total. The van der Waals surface area contributed by atoms with Crippen LogP contribution in [-0.4, -0.2) is 36.6 Å². The molecule has 0 bridgehead atoms. The number of methoxy groups -OCH3 is 1. The van der Waals surface area contributed by atoms with Gasteiger partial charge in [0, 0.05) is 18.5 Å². The van der Waals surface area contributed by atoms with E-state index in [9.17, 15) is 0 Å². The Bertz CT molecular complexity index is 422. The Morgan fingerprint density at radius 3 is 2.58 bits per heavy atom. The molecule has 1 aromatic carbocycles. The number of hydrogen-bond acceptors (Lipinski definition) is 3. The minimum Gasteiger partial charge on any atom is -0.496 e. The van der Waals surface area contributed by atoms with Crippen LogP contribution in [0.2, 0.25) is 0 Å². The molecule has 2 N–H and O–H groups in total. The predicted octanol–water partition coefficient (Wildman–Crippen LogP) is 2.48. The summed E-state index contributed by atoms with van der Waals surface area (Å²) in [5.41, 5.74) is 6.90. The van der Waals surface area contributed by atoms with E-state index in [1.165, 1.54) is 5.56 Å². The molecule has 0 amide bonds. The molecular weight excluding hydrogens is 256 g/mol. The van der Waals surface area contributed by atoms with Crippen molar-refractivity contribution >= 4 is 17.2 Å². The molecule has 0 aliphatic rings. The number of hydrogen-bond donors (Lipinski definition) is 1. The van der Waals surface area contributed by atoms with Crippen molar-refractivity contribution in [3.05, 3.63) is 29.8 Å². The number of rotatable bonds is 7. The highest BCUT2D eigenvalue weighted by Gasteiger charge is 2.16. The molecule has 2 atom stereocenters. The first kappa shape index (κ1) is 15.9. The summed E-state index contributed by atoms with van der Waals surface area (Å²) >= 11 is 5.02. The van der Waals surface area contributed by atoms with Crippen molar-refractivity contribution in [2.24, 2.45) is 11.7 Å². The third kappa shape index (κ3) is 4.80. The number of ether oxygens (including phenoxy) is 1. The van der Waals surface area contributed by atoms with E-state index in [0.29, 0.717) is 11.0 Å². The van der Waals surface area contributed by atoms with Crippen LogP contribution >= 0.6 is 12.2 Å². The monoisotopic (exact) mass is 280 g/mol. The van der Waals surface area contributed by atoms with Gasteiger partial charge < -0.3 is 15.4 Å². The zero-order valence-electron chi connectivity index (χ0n) is 12.2. The van der Waals surface area contributed by atoms with Crippen molar-refractivity contribution in [3.63, 3.8) is 0 Å². The first-order chi connectivity index (χ1) is 8.95. The van der Waals surface area contributed by atoms with E-state index in [1.54, 1.807) is 7.11 Å². The molecule has 4 heteroatoms. The van der Waals surface area contributed by atoms with Gasteiger partial charge in [-0.2, -0.15) is 0 Å². The van der Waals surface area contributed by atoms with Gasteiger partial charge in [0.2, 0.25) is 0 Å². The molecule has 0 aliphatic heterocycles. The normalized spacial score (nSPS) is 14.2. The number of nitrogens with zero attached hydrogens (tertiary/aromatic N) is 1. The largest absolute Gasteiger partial charge is 0.496 e. The molecule has 0 saturated heterocycles. The molecule has 19 heavy (non-hydrogen) atoms. The molecule has 0 fully saturated rings. The van der Waals surface area contributed by atoms with Crippen LogP contribution in [-0.2, 0) is 6.42 Å². The molecule has 0 spiro atoms. The van der Waals surface area contributed by atoms with Gasteiger partial charge in [-0.05, 0) is 32.0 Å². The van der Waals surface area contributed by atoms with Gasteiger partial charge in [0.05, 0.1) is 12.1 Å². The Morgan fingerprint density at radius 2 is 2.00 bits per heavy atom. The van der Waals surface area contributed by atoms with Crippen LogP contribution in [0.15, 0.2) is 24.3 Å². The van der Waals surface area contributed by atoms with Gasteiger partial charge in [0.15, 0.2) is 0 Å². The van der Waals surface area contributed by atoms with Gasteiger partial charge in [0.1, 0.15) is 5.75 Å². The van der Waals surface area contributed by atoms with Crippen LogP contribution in [0.1, 0.15) is 19.4 Å². The van der Waals surface area contributed by atoms with E-state index < -0.39 is 0 Å². The maximum Gasteiger partial charge on any atom is 0.122 e. The smallest absolute Gasteiger partial charge is 0.122 e. The lowest BCUT2D eigenvalue weighted by atomic mass is 10.0. The summed E-state index contributed by atoms with van der Waals surface area (Å²) in [5.74, 6) is 1.19. The van der Waals surface area contributed by atoms with Crippen molar-refractivity contribution in [1.82, 2.24) is 4.90 Å². The van der Waals surface area contributed by atoms with Crippen molar-refractivity contribution in [2.75, 3.05) is 20.7 Å². The predicted molar refractivity (Wildman–Crippen MR) is 84.7 cm³/mol. The minimum atomic E-state index is 0.236. The Hall–Kier alpha value is -1.13. The zero-order valence-corrected chi connectivity index (χ0v) is 13.0. The molecule has 1 rings (SSSR count). The zero-order chi connectivity index (χ0) is 14.4. The standard InChI is InChI=1S/C15H24N2OS/c1-11(15(16)19)10-17(3)12(2)9-13-7-5-6-8-14(13)18-4/h5-8,11-12H,9-10H2,1-4H3,(H2,16,19). The average molecular weight is 280 g/mol. The van der Waals surface area contributed by atoms with Crippen LogP contribution in [0.4, 0.5) is 0 Å². The summed E-state index contributed by atoms with van der Waals surface area (Å²) in [6.45, 7) is 5.15. The van der Waals surface area contributed by atoms with Crippen molar-refractivity contribution in [2.45, 2.75) is 26.3 Å². The first-order valence-corrected chi connectivity index (χ1v) is 6.98. The summed E-state index contributed by atoms with van der Waals surface area (Å²) in [5, 5.41) is 0. The Labute approximate surface area is 121 Å². The van der Waals surface area contributed by atoms with E-state index in [0.717, 1.165) is 18.7 Å². The van der Waals surface area contributed by atoms with E-state index in [2.05, 4.69) is 31.9 Å². The summed E-state index contributed by atoms with van der Waals surface area (Å²) in [7, 11) is 3.82. The van der Waals surface area contributed by atoms with Crippen molar-refractivity contribution < 1.29 is 4.74 Å². The highest BCUT2D eigenvalue weighted by Crippen LogP contribution is 2.20. The lowest BCUT2D eigenvalue weighted by Crippen LogP contribution is -2.37. The van der Waals surface area contributed by atoms with Gasteiger partial charge in [-0.15, -0.1) is 0 Å². The summed E-state index contributed by atoms with van der Waals surface area (Å²) in [6.07, 6.45) is 0.949. The third-order valence-electron chi connectivity index (χ3n) is 3.51.